The summed E-state index contributed by atoms with van der Waals surface area (Å²) in [4.78, 5) is 37.3. The van der Waals surface area contributed by atoms with Crippen LogP contribution >= 0.6 is 0 Å². The Bertz CT molecular complexity index is 1160. The number of Topliss-reactive ketones (excluding diaryl/α,β-unsaturated/α-hetero) is 1. The maximum absolute atomic E-state index is 13.4. The second-order valence-corrected chi connectivity index (χ2v) is 9.10. The molecule has 0 fully saturated rings. The van der Waals surface area contributed by atoms with Gasteiger partial charge in [0.05, 0.1) is 4.92 Å². The van der Waals surface area contributed by atoms with Crippen molar-refractivity contribution in [1.29, 1.82) is 0 Å². The molecule has 1 atom stereocenters. The number of nitro groups is 1. The van der Waals surface area contributed by atoms with Crippen LogP contribution in [0.15, 0.2) is 77.1 Å². The van der Waals surface area contributed by atoms with Crippen molar-refractivity contribution in [1.82, 2.24) is 5.32 Å². The van der Waals surface area contributed by atoms with Crippen molar-refractivity contribution in [3.05, 3.63) is 92.8 Å². The Balaban J connectivity index is 1.81. The molecule has 7 heteroatoms. The molecule has 1 aliphatic carbocycles. The van der Waals surface area contributed by atoms with Crippen LogP contribution in [0, 0.1) is 15.5 Å². The van der Waals surface area contributed by atoms with E-state index in [2.05, 4.69) is 10.6 Å². The van der Waals surface area contributed by atoms with Gasteiger partial charge in [-0.2, -0.15) is 0 Å². The van der Waals surface area contributed by atoms with Gasteiger partial charge in [-0.1, -0.05) is 44.2 Å². The van der Waals surface area contributed by atoms with E-state index in [0.717, 1.165) is 5.70 Å². The van der Waals surface area contributed by atoms with Crippen LogP contribution in [0.25, 0.3) is 0 Å². The summed E-state index contributed by atoms with van der Waals surface area (Å²) in [5.41, 5.74) is 3.61. The Labute approximate surface area is 186 Å². The first-order chi connectivity index (χ1) is 15.2. The number of anilines is 1. The van der Waals surface area contributed by atoms with E-state index in [1.54, 1.807) is 24.3 Å². The van der Waals surface area contributed by atoms with Crippen LogP contribution in [0.1, 0.15) is 45.1 Å². The quantitative estimate of drug-likeness (QED) is 0.533. The van der Waals surface area contributed by atoms with Crippen LogP contribution in [0.3, 0.4) is 0 Å². The van der Waals surface area contributed by atoms with Gasteiger partial charge in [-0.15, -0.1) is 0 Å². The van der Waals surface area contributed by atoms with Gasteiger partial charge in [0.2, 0.25) is 0 Å². The highest BCUT2D eigenvalue weighted by molar-refractivity contribution is 6.09. The molecule has 2 N–H and O–H groups in total. The summed E-state index contributed by atoms with van der Waals surface area (Å²) in [6, 6.07) is 15.2. The van der Waals surface area contributed by atoms with Gasteiger partial charge in [-0.25, -0.2) is 0 Å². The molecule has 0 radical (unpaired) electrons. The van der Waals surface area contributed by atoms with E-state index < -0.39 is 10.8 Å². The highest BCUT2D eigenvalue weighted by atomic mass is 16.6. The molecule has 1 amide bonds. The summed E-state index contributed by atoms with van der Waals surface area (Å²) in [5, 5.41) is 17.4. The number of benzene rings is 2. The summed E-state index contributed by atoms with van der Waals surface area (Å²) >= 11 is 0. The van der Waals surface area contributed by atoms with E-state index in [-0.39, 0.29) is 22.8 Å². The third-order valence-corrected chi connectivity index (χ3v) is 5.95. The number of nitrogens with one attached hydrogen (secondary N) is 2. The number of allylic oxidation sites excluding steroid dienone is 3. The van der Waals surface area contributed by atoms with Gasteiger partial charge in [-0.05, 0) is 36.5 Å². The van der Waals surface area contributed by atoms with Crippen LogP contribution < -0.4 is 10.6 Å². The number of para-hydroxylation sites is 1. The first-order valence-electron chi connectivity index (χ1n) is 10.5. The number of rotatable bonds is 4. The third-order valence-electron chi connectivity index (χ3n) is 5.95. The molecule has 0 aromatic heterocycles. The molecule has 0 saturated carbocycles. The van der Waals surface area contributed by atoms with Gasteiger partial charge in [0, 0.05) is 52.7 Å². The number of nitrogens with zero attached hydrogens (tertiary/aromatic N) is 1. The largest absolute Gasteiger partial charge is 0.362 e. The summed E-state index contributed by atoms with van der Waals surface area (Å²) in [5.74, 6) is -0.919. The lowest BCUT2D eigenvalue weighted by atomic mass is 9.68. The summed E-state index contributed by atoms with van der Waals surface area (Å²) in [6.45, 7) is 5.93. The molecule has 2 aromatic rings. The van der Waals surface area contributed by atoms with Gasteiger partial charge in [0.1, 0.15) is 0 Å². The number of carbonyl (C=O) groups excluding carboxylic acids is 2. The summed E-state index contributed by atoms with van der Waals surface area (Å²) in [7, 11) is 0. The highest BCUT2D eigenvalue weighted by Gasteiger charge is 2.42. The molecule has 1 heterocycles. The van der Waals surface area contributed by atoms with E-state index in [1.165, 1.54) is 12.1 Å². The lowest BCUT2D eigenvalue weighted by Crippen LogP contribution is -2.39. The number of non-ortho nitro benzene ring substituents is 1. The number of carbonyl (C=O) groups is 2. The molecule has 0 unspecified atom stereocenters. The van der Waals surface area contributed by atoms with Gasteiger partial charge < -0.3 is 10.6 Å². The fraction of sp³-hybridized carbons (Fsp3) is 0.280. The van der Waals surface area contributed by atoms with Crippen molar-refractivity contribution in [2.75, 3.05) is 5.32 Å². The molecule has 164 valence electrons. The number of nitro benzene ring substituents is 1. The van der Waals surface area contributed by atoms with Crippen LogP contribution in [0.4, 0.5) is 11.4 Å². The zero-order chi connectivity index (χ0) is 23.0. The van der Waals surface area contributed by atoms with Crippen LogP contribution in [-0.4, -0.2) is 16.6 Å². The van der Waals surface area contributed by atoms with Crippen molar-refractivity contribution in [2.24, 2.45) is 5.41 Å². The number of hydrogen-bond acceptors (Lipinski definition) is 5. The Morgan fingerprint density at radius 2 is 1.75 bits per heavy atom. The average molecular weight is 431 g/mol. The molecule has 0 bridgehead atoms. The molecule has 32 heavy (non-hydrogen) atoms. The molecule has 2 aromatic carbocycles. The van der Waals surface area contributed by atoms with Gasteiger partial charge in [0.25, 0.3) is 11.6 Å². The Hall–Kier alpha value is -3.74. The Morgan fingerprint density at radius 3 is 2.38 bits per heavy atom. The topological polar surface area (TPSA) is 101 Å². The number of amides is 1. The second-order valence-electron chi connectivity index (χ2n) is 9.10. The Morgan fingerprint density at radius 1 is 1.09 bits per heavy atom. The maximum Gasteiger partial charge on any atom is 0.269 e. The predicted molar refractivity (Wildman–Crippen MR) is 122 cm³/mol. The fourth-order valence-corrected chi connectivity index (χ4v) is 4.58. The molecule has 1 aliphatic heterocycles. The molecule has 0 saturated heterocycles. The molecular weight excluding hydrogens is 406 g/mol. The monoisotopic (exact) mass is 431 g/mol. The third kappa shape index (κ3) is 4.06. The minimum Gasteiger partial charge on any atom is -0.362 e. The SMILES string of the molecule is CC1=C(C(=O)Nc2ccccc2)[C@H](c2ccc([N+](=O)[O-])cc2)C2=C(CC(C)(C)CC2=O)N1. The summed E-state index contributed by atoms with van der Waals surface area (Å²) < 4.78 is 0. The minimum atomic E-state index is -0.598. The van der Waals surface area contributed by atoms with Crippen molar-refractivity contribution >= 4 is 23.1 Å². The molecule has 0 spiro atoms. The van der Waals surface area contributed by atoms with E-state index in [9.17, 15) is 19.7 Å². The van der Waals surface area contributed by atoms with Crippen molar-refractivity contribution < 1.29 is 14.5 Å². The lowest BCUT2D eigenvalue weighted by Gasteiger charge is -2.39. The van der Waals surface area contributed by atoms with Gasteiger partial charge >= 0.3 is 0 Å². The zero-order valence-electron chi connectivity index (χ0n) is 18.3. The van der Waals surface area contributed by atoms with Crippen LogP contribution in [-0.2, 0) is 9.59 Å². The fourth-order valence-electron chi connectivity index (χ4n) is 4.58. The normalized spacial score (nSPS) is 19.8. The van der Waals surface area contributed by atoms with Crippen molar-refractivity contribution in [2.45, 2.75) is 39.5 Å². The predicted octanol–water partition coefficient (Wildman–Crippen LogP) is 4.84. The summed E-state index contributed by atoms with van der Waals surface area (Å²) in [6.07, 6.45) is 1.06. The lowest BCUT2D eigenvalue weighted by molar-refractivity contribution is -0.384. The first kappa shape index (κ1) is 21.5. The molecule has 2 aliphatic rings. The maximum atomic E-state index is 13.4. The number of ketones is 1. The highest BCUT2D eigenvalue weighted by Crippen LogP contribution is 2.46. The zero-order valence-corrected chi connectivity index (χ0v) is 18.3. The second kappa shape index (κ2) is 8.07. The number of hydrogen-bond donors (Lipinski definition) is 2. The van der Waals surface area contributed by atoms with Crippen molar-refractivity contribution in [3.8, 4) is 0 Å². The van der Waals surface area contributed by atoms with Crippen LogP contribution in [0.2, 0.25) is 0 Å². The molecule has 7 nitrogen and oxygen atoms in total. The minimum absolute atomic E-state index is 0.00962. The standard InChI is InChI=1S/C25H25N3O4/c1-15-21(24(30)27-17-7-5-4-6-8-17)22(16-9-11-18(12-10-16)28(31)32)23-19(26-15)13-25(2,3)14-20(23)29/h4-12,22,26H,13-14H2,1-3H3,(H,27,30)/t22-/m0/s1. The van der Waals surface area contributed by atoms with E-state index in [1.807, 2.05) is 39.0 Å². The van der Waals surface area contributed by atoms with Crippen molar-refractivity contribution in [3.63, 3.8) is 0 Å². The van der Waals surface area contributed by atoms with Gasteiger partial charge in [-0.3, -0.25) is 19.7 Å². The van der Waals surface area contributed by atoms with E-state index in [4.69, 9.17) is 0 Å². The van der Waals surface area contributed by atoms with E-state index >= 15 is 0 Å². The molecular formula is C25H25N3O4. The van der Waals surface area contributed by atoms with Gasteiger partial charge in [0.15, 0.2) is 5.78 Å². The van der Waals surface area contributed by atoms with Crippen LogP contribution in [0.5, 0.6) is 0 Å². The Kier molecular flexibility index (Phi) is 5.42. The number of dihydropyridines is 1. The van der Waals surface area contributed by atoms with E-state index in [0.29, 0.717) is 40.9 Å². The molecule has 4 rings (SSSR count). The first-order valence-corrected chi connectivity index (χ1v) is 10.5. The average Bonchev–Trinajstić information content (AvgIpc) is 2.72. The smallest absolute Gasteiger partial charge is 0.269 e.